The van der Waals surface area contributed by atoms with Crippen LogP contribution < -0.4 is 10.5 Å². The Balaban J connectivity index is 2.30. The highest BCUT2D eigenvalue weighted by atomic mass is 35.5. The van der Waals surface area contributed by atoms with Gasteiger partial charge in [-0.05, 0) is 29.8 Å². The number of nitrogens with zero attached hydrogens (tertiary/aromatic N) is 3. The third kappa shape index (κ3) is 2.84. The zero-order valence-corrected chi connectivity index (χ0v) is 10.5. The molecule has 2 aromatic rings. The van der Waals surface area contributed by atoms with Gasteiger partial charge in [-0.3, -0.25) is 4.72 Å². The maximum Gasteiger partial charge on any atom is 0.264 e. The summed E-state index contributed by atoms with van der Waals surface area (Å²) in [4.78, 5) is 11.0. The maximum absolute atomic E-state index is 11.9. The third-order valence-electron chi connectivity index (χ3n) is 1.93. The van der Waals surface area contributed by atoms with Gasteiger partial charge in [0.05, 0.1) is 0 Å². The number of nitrogen functional groups attached to an aromatic ring is 1. The fourth-order valence-electron chi connectivity index (χ4n) is 1.14. The van der Waals surface area contributed by atoms with E-state index in [1.165, 1.54) is 24.4 Å². The van der Waals surface area contributed by atoms with E-state index < -0.39 is 10.0 Å². The van der Waals surface area contributed by atoms with Crippen molar-refractivity contribution in [2.24, 2.45) is 0 Å². The van der Waals surface area contributed by atoms with Gasteiger partial charge >= 0.3 is 0 Å². The van der Waals surface area contributed by atoms with Gasteiger partial charge in [0, 0.05) is 12.4 Å². The first-order valence-electron chi connectivity index (χ1n) is 4.70. The molecule has 0 radical (unpaired) electrons. The van der Waals surface area contributed by atoms with Crippen molar-refractivity contribution in [1.82, 2.24) is 15.0 Å². The van der Waals surface area contributed by atoms with E-state index in [0.717, 1.165) is 6.20 Å². The van der Waals surface area contributed by atoms with E-state index in [1.807, 2.05) is 0 Å². The molecular weight excluding hydrogens is 278 g/mol. The average Bonchev–Trinajstić information content (AvgIpc) is 2.29. The van der Waals surface area contributed by atoms with Crippen molar-refractivity contribution in [2.75, 3.05) is 10.5 Å². The van der Waals surface area contributed by atoms with E-state index in [2.05, 4.69) is 19.7 Å². The SMILES string of the molecule is Nc1ccc(S(=O)(=O)Nc2ccnc(Cl)n2)cn1. The van der Waals surface area contributed by atoms with Crippen LogP contribution in [-0.2, 0) is 10.0 Å². The van der Waals surface area contributed by atoms with Crippen LogP contribution in [0.3, 0.4) is 0 Å². The van der Waals surface area contributed by atoms with E-state index in [4.69, 9.17) is 17.3 Å². The Morgan fingerprint density at radius 1 is 1.22 bits per heavy atom. The highest BCUT2D eigenvalue weighted by molar-refractivity contribution is 7.92. The number of nitrogens with two attached hydrogens (primary N) is 1. The van der Waals surface area contributed by atoms with Gasteiger partial charge in [0.15, 0.2) is 0 Å². The van der Waals surface area contributed by atoms with Gasteiger partial charge in [0.25, 0.3) is 10.0 Å². The zero-order valence-electron chi connectivity index (χ0n) is 8.91. The summed E-state index contributed by atoms with van der Waals surface area (Å²) in [6.07, 6.45) is 2.49. The summed E-state index contributed by atoms with van der Waals surface area (Å²) < 4.78 is 26.1. The largest absolute Gasteiger partial charge is 0.384 e. The number of hydrogen-bond acceptors (Lipinski definition) is 6. The number of halogens is 1. The van der Waals surface area contributed by atoms with Crippen LogP contribution in [0.15, 0.2) is 35.5 Å². The molecule has 94 valence electrons. The van der Waals surface area contributed by atoms with Crippen molar-refractivity contribution in [3.8, 4) is 0 Å². The van der Waals surface area contributed by atoms with E-state index in [-0.39, 0.29) is 21.8 Å². The normalized spacial score (nSPS) is 11.2. The monoisotopic (exact) mass is 285 g/mol. The molecule has 0 saturated carbocycles. The molecule has 2 heterocycles. The van der Waals surface area contributed by atoms with E-state index >= 15 is 0 Å². The summed E-state index contributed by atoms with van der Waals surface area (Å²) in [5.41, 5.74) is 5.38. The van der Waals surface area contributed by atoms with Crippen LogP contribution in [0, 0.1) is 0 Å². The number of hydrogen-bond donors (Lipinski definition) is 2. The summed E-state index contributed by atoms with van der Waals surface area (Å²) >= 11 is 5.55. The molecule has 0 fully saturated rings. The number of rotatable bonds is 3. The molecule has 0 atom stereocenters. The third-order valence-corrected chi connectivity index (χ3v) is 3.46. The molecule has 0 aliphatic heterocycles. The topological polar surface area (TPSA) is 111 Å². The molecule has 7 nitrogen and oxygen atoms in total. The van der Waals surface area contributed by atoms with Crippen molar-refractivity contribution in [3.63, 3.8) is 0 Å². The Morgan fingerprint density at radius 2 is 2.00 bits per heavy atom. The van der Waals surface area contributed by atoms with Crippen LogP contribution in [0.1, 0.15) is 0 Å². The number of nitrogens with one attached hydrogen (secondary N) is 1. The van der Waals surface area contributed by atoms with E-state index in [0.29, 0.717) is 0 Å². The van der Waals surface area contributed by atoms with Crippen LogP contribution in [0.2, 0.25) is 5.28 Å². The Morgan fingerprint density at radius 3 is 2.61 bits per heavy atom. The van der Waals surface area contributed by atoms with Gasteiger partial charge < -0.3 is 5.73 Å². The first-order chi connectivity index (χ1) is 8.47. The molecule has 0 bridgehead atoms. The molecular formula is C9H8ClN5O2S. The minimum Gasteiger partial charge on any atom is -0.384 e. The van der Waals surface area contributed by atoms with Gasteiger partial charge in [0.1, 0.15) is 16.5 Å². The first-order valence-corrected chi connectivity index (χ1v) is 6.56. The second kappa shape index (κ2) is 4.75. The van der Waals surface area contributed by atoms with Crippen LogP contribution in [0.25, 0.3) is 0 Å². The summed E-state index contributed by atoms with van der Waals surface area (Å²) in [5, 5.41) is -0.0503. The molecule has 0 spiro atoms. The second-order valence-corrected chi connectivity index (χ2v) is 5.26. The molecule has 18 heavy (non-hydrogen) atoms. The fraction of sp³-hybridized carbons (Fsp3) is 0. The van der Waals surface area contributed by atoms with Gasteiger partial charge in [-0.15, -0.1) is 0 Å². The predicted octanol–water partition coefficient (Wildman–Crippen LogP) is 0.908. The Kier molecular flexibility index (Phi) is 3.30. The van der Waals surface area contributed by atoms with Crippen molar-refractivity contribution >= 4 is 33.3 Å². The molecule has 0 aromatic carbocycles. The van der Waals surface area contributed by atoms with Gasteiger partial charge in [0.2, 0.25) is 5.28 Å². The molecule has 2 rings (SSSR count). The second-order valence-electron chi connectivity index (χ2n) is 3.24. The van der Waals surface area contributed by atoms with Gasteiger partial charge in [-0.25, -0.2) is 18.4 Å². The lowest BCUT2D eigenvalue weighted by Crippen LogP contribution is -2.14. The first kappa shape index (κ1) is 12.5. The van der Waals surface area contributed by atoms with Crippen LogP contribution in [0.5, 0.6) is 0 Å². The number of aromatic nitrogens is 3. The lowest BCUT2D eigenvalue weighted by Gasteiger charge is -2.06. The Hall–Kier alpha value is -1.93. The summed E-state index contributed by atoms with van der Waals surface area (Å²) in [6.45, 7) is 0. The van der Waals surface area contributed by atoms with Gasteiger partial charge in [-0.1, -0.05) is 0 Å². The molecule has 0 unspecified atom stereocenters. The molecule has 2 aromatic heterocycles. The minimum absolute atomic E-state index is 0.0218. The Bertz CT molecular complexity index is 659. The fourth-order valence-corrected chi connectivity index (χ4v) is 2.23. The summed E-state index contributed by atoms with van der Waals surface area (Å²) in [7, 11) is -3.76. The highest BCUT2D eigenvalue weighted by Gasteiger charge is 2.15. The van der Waals surface area contributed by atoms with Crippen molar-refractivity contribution < 1.29 is 8.42 Å². The van der Waals surface area contributed by atoms with Crippen molar-refractivity contribution in [2.45, 2.75) is 4.90 Å². The molecule has 0 aliphatic rings. The Labute approximate surface area is 108 Å². The number of pyridine rings is 1. The van der Waals surface area contributed by atoms with Crippen LogP contribution >= 0.6 is 11.6 Å². The molecule has 0 saturated heterocycles. The zero-order chi connectivity index (χ0) is 13.2. The molecule has 0 aliphatic carbocycles. The quantitative estimate of drug-likeness (QED) is 0.811. The molecule has 0 amide bonds. The van der Waals surface area contributed by atoms with E-state index in [1.54, 1.807) is 0 Å². The van der Waals surface area contributed by atoms with Crippen molar-refractivity contribution in [3.05, 3.63) is 35.9 Å². The maximum atomic E-state index is 11.9. The van der Waals surface area contributed by atoms with Gasteiger partial charge in [-0.2, -0.15) is 4.98 Å². The van der Waals surface area contributed by atoms with Crippen LogP contribution in [0.4, 0.5) is 11.6 Å². The molecule has 9 heteroatoms. The van der Waals surface area contributed by atoms with E-state index in [9.17, 15) is 8.42 Å². The average molecular weight is 286 g/mol. The number of sulfonamides is 1. The summed E-state index contributed by atoms with van der Waals surface area (Å²) in [5.74, 6) is 0.311. The predicted molar refractivity (Wildman–Crippen MR) is 66.5 cm³/mol. The smallest absolute Gasteiger partial charge is 0.264 e. The highest BCUT2D eigenvalue weighted by Crippen LogP contribution is 2.14. The minimum atomic E-state index is -3.76. The lowest BCUT2D eigenvalue weighted by atomic mass is 10.5. The standard InChI is InChI=1S/C9H8ClN5O2S/c10-9-12-4-3-8(14-9)15-18(16,17)6-1-2-7(11)13-5-6/h1-5H,(H2,11,13)(H,12,14,15). The number of anilines is 2. The summed E-state index contributed by atoms with van der Waals surface area (Å²) in [6, 6.07) is 4.11. The van der Waals surface area contributed by atoms with Crippen LogP contribution in [-0.4, -0.2) is 23.4 Å². The van der Waals surface area contributed by atoms with Crippen molar-refractivity contribution in [1.29, 1.82) is 0 Å². The lowest BCUT2D eigenvalue weighted by molar-refractivity contribution is 0.600. The molecule has 3 N–H and O–H groups in total.